The molecule has 12 nitrogen and oxygen atoms in total. The van der Waals surface area contributed by atoms with Crippen molar-refractivity contribution >= 4 is 35.6 Å². The highest BCUT2D eigenvalue weighted by Crippen LogP contribution is 2.13. The lowest BCUT2D eigenvalue weighted by Crippen LogP contribution is -2.58. The van der Waals surface area contributed by atoms with E-state index in [2.05, 4.69) is 0 Å². The minimum Gasteiger partial charge on any atom is -0.440 e. The first kappa shape index (κ1) is 28.4. The van der Waals surface area contributed by atoms with Crippen molar-refractivity contribution in [3.05, 3.63) is 71.3 Å². The van der Waals surface area contributed by atoms with Crippen molar-refractivity contribution in [3.63, 3.8) is 0 Å². The van der Waals surface area contributed by atoms with Crippen LogP contribution < -0.4 is 0 Å². The quantitative estimate of drug-likeness (QED) is 0.311. The minimum atomic E-state index is -1.02. The van der Waals surface area contributed by atoms with Crippen LogP contribution in [0.2, 0.25) is 0 Å². The highest BCUT2D eigenvalue weighted by molar-refractivity contribution is 6.00. The number of piperazine rings is 2. The number of carbonyl (C=O) groups is 6. The van der Waals surface area contributed by atoms with Crippen LogP contribution in [0, 0.1) is 11.6 Å². The van der Waals surface area contributed by atoms with Gasteiger partial charge in [-0.3, -0.25) is 29.0 Å². The molecule has 0 N–H and O–H groups in total. The summed E-state index contributed by atoms with van der Waals surface area (Å²) < 4.78 is 37.3. The first-order valence-corrected chi connectivity index (χ1v) is 12.1. The molecule has 0 saturated carbocycles. The Labute approximate surface area is 226 Å². The molecule has 0 unspecified atom stereocenters. The summed E-state index contributed by atoms with van der Waals surface area (Å²) in [7, 11) is 0. The van der Waals surface area contributed by atoms with Gasteiger partial charge in [-0.05, 0) is 24.3 Å². The van der Waals surface area contributed by atoms with Crippen LogP contribution in [0.4, 0.5) is 8.78 Å². The van der Waals surface area contributed by atoms with Crippen molar-refractivity contribution in [2.24, 2.45) is 0 Å². The van der Waals surface area contributed by atoms with Gasteiger partial charge in [0.1, 0.15) is 11.6 Å². The summed E-state index contributed by atoms with van der Waals surface area (Å²) in [4.78, 5) is 78.6. The molecule has 2 saturated heterocycles. The molecule has 2 fully saturated rings. The topological polar surface area (TPSA) is 134 Å². The summed E-state index contributed by atoms with van der Waals surface area (Å²) in [5.41, 5.74) is -0.651. The monoisotopic (exact) mass is 558 g/mol. The minimum absolute atomic E-state index is 0.170. The molecule has 4 rings (SSSR count). The number of hydrogen-bond donors (Lipinski definition) is 0. The maximum absolute atomic E-state index is 13.7. The standard InChI is InChI=1S/C26H24F2N4O8/c27-19-7-3-1-5-17(19)25(37)39-15-31-21(33)11-29(12-22(31)34)9-10-30-13-23(35)32(24(36)14-30)16-40-26(38)18-6-2-4-8-20(18)28/h1-8H,9-16H2. The molecule has 40 heavy (non-hydrogen) atoms. The Morgan fingerprint density at radius 2 is 0.925 bits per heavy atom. The first-order chi connectivity index (χ1) is 19.1. The molecule has 0 atom stereocenters. The Kier molecular flexibility index (Phi) is 8.91. The van der Waals surface area contributed by atoms with Crippen molar-refractivity contribution < 1.29 is 47.0 Å². The Morgan fingerprint density at radius 3 is 1.25 bits per heavy atom. The van der Waals surface area contributed by atoms with E-state index < -0.39 is 60.7 Å². The van der Waals surface area contributed by atoms with Crippen LogP contribution in [-0.2, 0) is 28.7 Å². The molecule has 2 aliphatic rings. The summed E-state index contributed by atoms with van der Waals surface area (Å²) in [6.07, 6.45) is 0. The zero-order chi connectivity index (χ0) is 28.8. The van der Waals surface area contributed by atoms with Gasteiger partial charge in [-0.25, -0.2) is 28.2 Å². The van der Waals surface area contributed by atoms with Crippen molar-refractivity contribution in [3.8, 4) is 0 Å². The largest absolute Gasteiger partial charge is 0.440 e. The maximum Gasteiger partial charge on any atom is 0.342 e. The van der Waals surface area contributed by atoms with Gasteiger partial charge in [0, 0.05) is 13.1 Å². The lowest BCUT2D eigenvalue weighted by atomic mass is 10.2. The summed E-state index contributed by atoms with van der Waals surface area (Å²) in [5.74, 6) is -6.16. The normalized spacial score (nSPS) is 16.9. The van der Waals surface area contributed by atoms with Crippen molar-refractivity contribution in [2.45, 2.75) is 0 Å². The van der Waals surface area contributed by atoms with Gasteiger partial charge in [0.15, 0.2) is 13.5 Å². The van der Waals surface area contributed by atoms with Crippen LogP contribution in [0.25, 0.3) is 0 Å². The SMILES string of the molecule is O=C(OCN1C(=O)CN(CCN2CC(=O)N(COC(=O)c3ccccc3F)C(=O)C2)CC1=O)c1ccccc1F. The van der Waals surface area contributed by atoms with Crippen molar-refractivity contribution in [1.29, 1.82) is 0 Å². The second kappa shape index (κ2) is 12.5. The number of ether oxygens (including phenoxy) is 2. The van der Waals surface area contributed by atoms with E-state index in [4.69, 9.17) is 9.47 Å². The fourth-order valence-corrected chi connectivity index (χ4v) is 4.04. The predicted octanol–water partition coefficient (Wildman–Crippen LogP) is 0.235. The second-order valence-corrected chi connectivity index (χ2v) is 8.93. The molecule has 0 radical (unpaired) electrons. The van der Waals surface area contributed by atoms with Gasteiger partial charge in [0.05, 0.1) is 37.3 Å². The van der Waals surface area contributed by atoms with Gasteiger partial charge in [-0.2, -0.15) is 0 Å². The van der Waals surface area contributed by atoms with E-state index in [9.17, 15) is 37.5 Å². The van der Waals surface area contributed by atoms with Gasteiger partial charge in [-0.1, -0.05) is 24.3 Å². The molecule has 4 amide bonds. The van der Waals surface area contributed by atoms with Gasteiger partial charge < -0.3 is 9.47 Å². The molecule has 0 spiro atoms. The van der Waals surface area contributed by atoms with Crippen LogP contribution >= 0.6 is 0 Å². The molecule has 0 aliphatic carbocycles. The molecule has 2 aromatic rings. The molecule has 14 heteroatoms. The van der Waals surface area contributed by atoms with E-state index in [0.717, 1.165) is 21.9 Å². The highest BCUT2D eigenvalue weighted by Gasteiger charge is 2.35. The molecule has 0 aromatic heterocycles. The first-order valence-electron chi connectivity index (χ1n) is 12.1. The van der Waals surface area contributed by atoms with Crippen LogP contribution in [0.1, 0.15) is 20.7 Å². The third kappa shape index (κ3) is 6.71. The summed E-state index contributed by atoms with van der Waals surface area (Å²) >= 11 is 0. The molecule has 2 aromatic carbocycles. The zero-order valence-electron chi connectivity index (χ0n) is 21.1. The third-order valence-corrected chi connectivity index (χ3v) is 6.21. The van der Waals surface area contributed by atoms with E-state index >= 15 is 0 Å². The number of benzene rings is 2. The van der Waals surface area contributed by atoms with Crippen LogP contribution in [-0.4, -0.2) is 108 Å². The number of imide groups is 2. The predicted molar refractivity (Wildman–Crippen MR) is 130 cm³/mol. The Balaban J connectivity index is 1.21. The van der Waals surface area contributed by atoms with Gasteiger partial charge in [0.25, 0.3) is 0 Å². The van der Waals surface area contributed by atoms with Crippen molar-refractivity contribution in [1.82, 2.24) is 19.6 Å². The molecule has 2 heterocycles. The lowest BCUT2D eigenvalue weighted by molar-refractivity contribution is -0.159. The number of esters is 2. The van der Waals surface area contributed by atoms with E-state index in [1.807, 2.05) is 0 Å². The molecular formula is C26H24F2N4O8. The number of rotatable bonds is 9. The maximum atomic E-state index is 13.7. The zero-order valence-corrected chi connectivity index (χ0v) is 21.1. The molecular weight excluding hydrogens is 534 g/mol. The Hall–Kier alpha value is -4.56. The van der Waals surface area contributed by atoms with Crippen LogP contribution in [0.5, 0.6) is 0 Å². The summed E-state index contributed by atoms with van der Waals surface area (Å²) in [5, 5.41) is 0. The fourth-order valence-electron chi connectivity index (χ4n) is 4.04. The van der Waals surface area contributed by atoms with Crippen LogP contribution in [0.3, 0.4) is 0 Å². The average molecular weight is 558 g/mol. The number of nitrogens with zero attached hydrogens (tertiary/aromatic N) is 4. The van der Waals surface area contributed by atoms with E-state index in [1.54, 1.807) is 0 Å². The van der Waals surface area contributed by atoms with Gasteiger partial charge in [-0.15, -0.1) is 0 Å². The van der Waals surface area contributed by atoms with E-state index in [0.29, 0.717) is 0 Å². The molecule has 210 valence electrons. The van der Waals surface area contributed by atoms with Gasteiger partial charge >= 0.3 is 11.9 Å². The summed E-state index contributed by atoms with van der Waals surface area (Å²) in [6.45, 7) is -1.72. The Bertz CT molecular complexity index is 1220. The molecule has 0 bridgehead atoms. The van der Waals surface area contributed by atoms with Crippen LogP contribution in [0.15, 0.2) is 48.5 Å². The number of hydrogen-bond acceptors (Lipinski definition) is 10. The number of carbonyl (C=O) groups excluding carboxylic acids is 6. The Morgan fingerprint density at radius 1 is 0.600 bits per heavy atom. The van der Waals surface area contributed by atoms with E-state index in [-0.39, 0.29) is 50.4 Å². The fraction of sp³-hybridized carbons (Fsp3) is 0.308. The lowest BCUT2D eigenvalue weighted by Gasteiger charge is -2.35. The highest BCUT2D eigenvalue weighted by atomic mass is 19.1. The number of amides is 4. The molecule has 2 aliphatic heterocycles. The van der Waals surface area contributed by atoms with Gasteiger partial charge in [0.2, 0.25) is 23.6 Å². The summed E-state index contributed by atoms with van der Waals surface area (Å²) in [6, 6.07) is 10.3. The second-order valence-electron chi connectivity index (χ2n) is 8.93. The third-order valence-electron chi connectivity index (χ3n) is 6.21. The smallest absolute Gasteiger partial charge is 0.342 e. The number of halogens is 2. The van der Waals surface area contributed by atoms with E-state index in [1.165, 1.54) is 46.2 Å². The van der Waals surface area contributed by atoms with Crippen molar-refractivity contribution in [2.75, 3.05) is 52.7 Å². The average Bonchev–Trinajstić information content (AvgIpc) is 2.91.